The number of aliphatic hydroxyl groups is 1. The van der Waals surface area contributed by atoms with E-state index in [1.54, 1.807) is 6.07 Å². The van der Waals surface area contributed by atoms with Crippen molar-refractivity contribution in [1.29, 1.82) is 0 Å². The maximum atomic E-state index is 12.3. The Bertz CT molecular complexity index is 868. The molecule has 1 aliphatic rings. The van der Waals surface area contributed by atoms with Gasteiger partial charge in [-0.15, -0.1) is 0 Å². The van der Waals surface area contributed by atoms with Crippen molar-refractivity contribution in [2.24, 2.45) is 0 Å². The lowest BCUT2D eigenvalue weighted by molar-refractivity contribution is 0.0892. The molecule has 0 bridgehead atoms. The molecular weight excluding hydrogens is 324 g/mol. The van der Waals surface area contributed by atoms with Crippen LogP contribution in [0.3, 0.4) is 0 Å². The Balaban J connectivity index is 1.34. The van der Waals surface area contributed by atoms with Gasteiger partial charge in [0.1, 0.15) is 6.61 Å². The molecule has 2 aromatic heterocycles. The van der Waals surface area contributed by atoms with Gasteiger partial charge in [0.25, 0.3) is 5.91 Å². The minimum atomic E-state index is -0.268. The van der Waals surface area contributed by atoms with Gasteiger partial charge < -0.3 is 19.5 Å². The molecule has 0 radical (unpaired) electrons. The van der Waals surface area contributed by atoms with Gasteiger partial charge in [0.2, 0.25) is 5.89 Å². The van der Waals surface area contributed by atoms with Gasteiger partial charge in [-0.05, 0) is 12.8 Å². The number of amides is 1. The van der Waals surface area contributed by atoms with Crippen LogP contribution in [0.2, 0.25) is 0 Å². The van der Waals surface area contributed by atoms with Crippen molar-refractivity contribution in [2.45, 2.75) is 31.4 Å². The van der Waals surface area contributed by atoms with Crippen LogP contribution >= 0.6 is 0 Å². The monoisotopic (exact) mass is 340 g/mol. The molecule has 1 fully saturated rings. The summed E-state index contributed by atoms with van der Waals surface area (Å²) in [5.74, 6) is 1.17. The van der Waals surface area contributed by atoms with Crippen LogP contribution in [0.1, 0.15) is 41.0 Å². The maximum absolute atomic E-state index is 12.3. The predicted octanol–water partition coefficient (Wildman–Crippen LogP) is 1.89. The molecule has 0 saturated heterocycles. The van der Waals surface area contributed by atoms with Crippen LogP contribution in [0.15, 0.2) is 45.4 Å². The first kappa shape index (κ1) is 15.5. The fourth-order valence-electron chi connectivity index (χ4n) is 2.81. The summed E-state index contributed by atoms with van der Waals surface area (Å²) >= 11 is 0. The Morgan fingerprint density at radius 2 is 2.00 bits per heavy atom. The number of carbonyl (C=O) groups excluding carboxylic acids is 1. The second-order valence-electron chi connectivity index (χ2n) is 5.99. The van der Waals surface area contributed by atoms with E-state index in [9.17, 15) is 4.79 Å². The van der Waals surface area contributed by atoms with Gasteiger partial charge in [-0.1, -0.05) is 40.6 Å². The standard InChI is InChI=1S/C17H16N4O4/c22-9-15-19-17(25-21-15)11-6-12(7-11)18-16(23)13-8-14(24-20-13)10-4-2-1-3-5-10/h1-5,8,11-12,22H,6-7,9H2,(H,18,23)/t11-,12+. The van der Waals surface area contributed by atoms with Crippen molar-refractivity contribution in [3.05, 3.63) is 53.8 Å². The van der Waals surface area contributed by atoms with E-state index in [0.29, 0.717) is 24.5 Å². The summed E-state index contributed by atoms with van der Waals surface area (Å²) in [7, 11) is 0. The fourth-order valence-corrected chi connectivity index (χ4v) is 2.81. The normalized spacial score (nSPS) is 19.4. The summed E-state index contributed by atoms with van der Waals surface area (Å²) in [5, 5.41) is 19.4. The molecule has 4 rings (SSSR count). The van der Waals surface area contributed by atoms with Gasteiger partial charge in [0.15, 0.2) is 17.3 Å². The first-order valence-electron chi connectivity index (χ1n) is 7.99. The molecule has 2 heterocycles. The van der Waals surface area contributed by atoms with Gasteiger partial charge in [0.05, 0.1) is 0 Å². The summed E-state index contributed by atoms with van der Waals surface area (Å²) in [4.78, 5) is 16.4. The van der Waals surface area contributed by atoms with Gasteiger partial charge in [-0.3, -0.25) is 4.79 Å². The lowest BCUT2D eigenvalue weighted by Crippen LogP contribution is -2.43. The molecule has 8 nitrogen and oxygen atoms in total. The molecular formula is C17H16N4O4. The highest BCUT2D eigenvalue weighted by Crippen LogP contribution is 2.36. The third kappa shape index (κ3) is 3.16. The molecule has 0 atom stereocenters. The largest absolute Gasteiger partial charge is 0.388 e. The fraction of sp³-hybridized carbons (Fsp3) is 0.294. The lowest BCUT2D eigenvalue weighted by atomic mass is 9.80. The van der Waals surface area contributed by atoms with Crippen LogP contribution in [0.4, 0.5) is 0 Å². The highest BCUT2D eigenvalue weighted by molar-refractivity contribution is 5.93. The summed E-state index contributed by atoms with van der Waals surface area (Å²) < 4.78 is 10.3. The van der Waals surface area contributed by atoms with Crippen LogP contribution in [-0.2, 0) is 6.61 Å². The van der Waals surface area contributed by atoms with E-state index in [2.05, 4.69) is 20.6 Å². The molecule has 2 N–H and O–H groups in total. The Kier molecular flexibility index (Phi) is 4.02. The second kappa shape index (κ2) is 6.48. The Morgan fingerprint density at radius 3 is 2.72 bits per heavy atom. The second-order valence-corrected chi connectivity index (χ2v) is 5.99. The van der Waals surface area contributed by atoms with Gasteiger partial charge in [-0.2, -0.15) is 4.98 Å². The van der Waals surface area contributed by atoms with Gasteiger partial charge >= 0.3 is 0 Å². The Labute approximate surface area is 142 Å². The van der Waals surface area contributed by atoms with Crippen LogP contribution in [-0.4, -0.2) is 32.4 Å². The molecule has 1 amide bonds. The van der Waals surface area contributed by atoms with Crippen molar-refractivity contribution in [2.75, 3.05) is 0 Å². The molecule has 25 heavy (non-hydrogen) atoms. The van der Waals surface area contributed by atoms with Gasteiger partial charge in [0, 0.05) is 23.6 Å². The van der Waals surface area contributed by atoms with Crippen molar-refractivity contribution in [3.63, 3.8) is 0 Å². The number of benzene rings is 1. The van der Waals surface area contributed by atoms with Crippen molar-refractivity contribution in [3.8, 4) is 11.3 Å². The SMILES string of the molecule is O=C(N[C@H]1C[C@@H](c2nc(CO)no2)C1)c1cc(-c2ccccc2)on1. The zero-order valence-corrected chi connectivity index (χ0v) is 13.3. The number of aliphatic hydroxyl groups excluding tert-OH is 1. The Morgan fingerprint density at radius 1 is 1.20 bits per heavy atom. The number of aromatic nitrogens is 3. The molecule has 1 aliphatic carbocycles. The minimum Gasteiger partial charge on any atom is -0.388 e. The van der Waals surface area contributed by atoms with E-state index < -0.39 is 0 Å². The van der Waals surface area contributed by atoms with Crippen LogP contribution in [0, 0.1) is 0 Å². The maximum Gasteiger partial charge on any atom is 0.273 e. The number of hydrogen-bond acceptors (Lipinski definition) is 7. The van der Waals surface area contributed by atoms with E-state index in [1.165, 1.54) is 0 Å². The third-order valence-corrected chi connectivity index (χ3v) is 4.25. The topological polar surface area (TPSA) is 114 Å². The zero-order chi connectivity index (χ0) is 17.2. The average Bonchev–Trinajstić information content (AvgIpc) is 3.27. The highest BCUT2D eigenvalue weighted by atomic mass is 16.5. The first-order chi connectivity index (χ1) is 12.2. The summed E-state index contributed by atoms with van der Waals surface area (Å²) in [5.41, 5.74) is 1.12. The molecule has 1 saturated carbocycles. The van der Waals surface area contributed by atoms with E-state index >= 15 is 0 Å². The number of nitrogens with zero attached hydrogens (tertiary/aromatic N) is 3. The molecule has 0 spiro atoms. The molecule has 8 heteroatoms. The molecule has 1 aromatic carbocycles. The molecule has 0 unspecified atom stereocenters. The summed E-state index contributed by atoms with van der Waals surface area (Å²) in [6.07, 6.45) is 1.42. The minimum absolute atomic E-state index is 0.0267. The Hall–Kier alpha value is -3.00. The number of nitrogens with one attached hydrogen (secondary N) is 1. The molecule has 3 aromatic rings. The lowest BCUT2D eigenvalue weighted by Gasteiger charge is -2.32. The molecule has 128 valence electrons. The summed E-state index contributed by atoms with van der Waals surface area (Å²) in [6, 6.07) is 11.1. The molecule has 0 aliphatic heterocycles. The highest BCUT2D eigenvalue weighted by Gasteiger charge is 2.35. The van der Waals surface area contributed by atoms with E-state index in [-0.39, 0.29) is 36.0 Å². The smallest absolute Gasteiger partial charge is 0.273 e. The first-order valence-corrected chi connectivity index (χ1v) is 7.99. The van der Waals surface area contributed by atoms with E-state index in [1.807, 2.05) is 30.3 Å². The number of hydrogen-bond donors (Lipinski definition) is 2. The third-order valence-electron chi connectivity index (χ3n) is 4.25. The van der Waals surface area contributed by atoms with Crippen molar-refractivity contribution < 1.29 is 18.9 Å². The van der Waals surface area contributed by atoms with Crippen LogP contribution < -0.4 is 5.32 Å². The number of carbonyl (C=O) groups is 1. The van der Waals surface area contributed by atoms with Crippen molar-refractivity contribution >= 4 is 5.91 Å². The quantitative estimate of drug-likeness (QED) is 0.729. The number of rotatable bonds is 5. The van der Waals surface area contributed by atoms with E-state index in [4.69, 9.17) is 14.2 Å². The van der Waals surface area contributed by atoms with Crippen LogP contribution in [0.5, 0.6) is 0 Å². The van der Waals surface area contributed by atoms with E-state index in [0.717, 1.165) is 5.56 Å². The van der Waals surface area contributed by atoms with Gasteiger partial charge in [-0.25, -0.2) is 0 Å². The summed E-state index contributed by atoms with van der Waals surface area (Å²) in [6.45, 7) is -0.244. The van der Waals surface area contributed by atoms with Crippen LogP contribution in [0.25, 0.3) is 11.3 Å². The predicted molar refractivity (Wildman–Crippen MR) is 85.4 cm³/mol. The average molecular weight is 340 g/mol. The zero-order valence-electron chi connectivity index (χ0n) is 13.3. The van der Waals surface area contributed by atoms with Crippen molar-refractivity contribution in [1.82, 2.24) is 20.6 Å².